The summed E-state index contributed by atoms with van der Waals surface area (Å²) in [6, 6.07) is 0. The highest BCUT2D eigenvalue weighted by atomic mass is 19.1. The second-order valence-electron chi connectivity index (χ2n) is 5.65. The van der Waals surface area contributed by atoms with Crippen molar-refractivity contribution in [1.82, 2.24) is 14.5 Å². The van der Waals surface area contributed by atoms with Crippen LogP contribution in [0.4, 0.5) is 9.18 Å². The van der Waals surface area contributed by atoms with Crippen molar-refractivity contribution < 1.29 is 13.9 Å². The molecule has 0 aliphatic rings. The van der Waals surface area contributed by atoms with Gasteiger partial charge in [0.1, 0.15) is 5.60 Å². The first-order valence-corrected chi connectivity index (χ1v) is 6.54. The highest BCUT2D eigenvalue weighted by Gasteiger charge is 2.19. The van der Waals surface area contributed by atoms with Gasteiger partial charge in [-0.25, -0.2) is 9.59 Å². The molecule has 0 aromatic carbocycles. The zero-order chi connectivity index (χ0) is 16.2. The number of halogens is 1. The van der Waals surface area contributed by atoms with E-state index in [1.807, 2.05) is 0 Å². The number of hydrogen-bond donors (Lipinski definition) is 1. The van der Waals surface area contributed by atoms with Crippen molar-refractivity contribution >= 4 is 6.09 Å². The van der Waals surface area contributed by atoms with Gasteiger partial charge in [0.05, 0.1) is 0 Å². The van der Waals surface area contributed by atoms with E-state index in [0.29, 0.717) is 6.42 Å². The first-order chi connectivity index (χ1) is 9.61. The first-order valence-electron chi connectivity index (χ1n) is 6.54. The number of nitrogens with one attached hydrogen (secondary N) is 1. The second-order valence-corrected chi connectivity index (χ2v) is 5.65. The van der Waals surface area contributed by atoms with E-state index in [2.05, 4.69) is 4.98 Å². The maximum atomic E-state index is 13.1. The molecule has 1 N–H and O–H groups in total. The second kappa shape index (κ2) is 6.55. The maximum absolute atomic E-state index is 13.1. The molecule has 1 aromatic heterocycles. The minimum atomic E-state index is -1.02. The molecular weight excluding hydrogens is 281 g/mol. The van der Waals surface area contributed by atoms with Gasteiger partial charge in [-0.1, -0.05) is 0 Å². The van der Waals surface area contributed by atoms with Gasteiger partial charge in [0.15, 0.2) is 0 Å². The van der Waals surface area contributed by atoms with E-state index in [1.54, 1.807) is 27.8 Å². The Labute approximate surface area is 121 Å². The Morgan fingerprint density at radius 1 is 1.43 bits per heavy atom. The molecule has 0 aliphatic heterocycles. The van der Waals surface area contributed by atoms with Crippen molar-refractivity contribution in [3.8, 4) is 0 Å². The van der Waals surface area contributed by atoms with Crippen LogP contribution < -0.4 is 11.2 Å². The van der Waals surface area contributed by atoms with Crippen LogP contribution in [0.5, 0.6) is 0 Å². The molecule has 0 atom stereocenters. The van der Waals surface area contributed by atoms with Gasteiger partial charge in [-0.2, -0.15) is 4.39 Å². The van der Waals surface area contributed by atoms with Crippen LogP contribution in [0.3, 0.4) is 0 Å². The molecule has 1 heterocycles. The Kier molecular flexibility index (Phi) is 5.28. The van der Waals surface area contributed by atoms with Crippen LogP contribution in [-0.4, -0.2) is 39.7 Å². The zero-order valence-electron chi connectivity index (χ0n) is 12.6. The summed E-state index contributed by atoms with van der Waals surface area (Å²) in [5, 5.41) is 0. The Bertz CT molecular complexity index is 615. The molecule has 1 amide bonds. The van der Waals surface area contributed by atoms with Crippen LogP contribution in [0.1, 0.15) is 27.2 Å². The molecule has 0 bridgehead atoms. The summed E-state index contributed by atoms with van der Waals surface area (Å²) in [5.74, 6) is -1.02. The third-order valence-corrected chi connectivity index (χ3v) is 2.60. The largest absolute Gasteiger partial charge is 0.444 e. The molecule has 1 aromatic rings. The molecule has 1 rings (SSSR count). The fourth-order valence-electron chi connectivity index (χ4n) is 1.59. The molecule has 118 valence electrons. The predicted octanol–water partition coefficient (Wildman–Crippen LogP) is 0.933. The highest BCUT2D eigenvalue weighted by molar-refractivity contribution is 5.67. The number of amides is 1. The number of hydrogen-bond acceptors (Lipinski definition) is 4. The van der Waals surface area contributed by atoms with Crippen LogP contribution in [-0.2, 0) is 11.3 Å². The fourth-order valence-corrected chi connectivity index (χ4v) is 1.59. The van der Waals surface area contributed by atoms with E-state index in [0.717, 1.165) is 10.8 Å². The average Bonchev–Trinajstić information content (AvgIpc) is 2.36. The minimum absolute atomic E-state index is 0.0130. The molecule has 0 spiro atoms. The van der Waals surface area contributed by atoms with Crippen LogP contribution in [0, 0.1) is 5.82 Å². The third-order valence-electron chi connectivity index (χ3n) is 2.60. The number of ether oxygens (including phenoxy) is 1. The van der Waals surface area contributed by atoms with Gasteiger partial charge in [0, 0.05) is 26.3 Å². The number of rotatable bonds is 4. The SMILES string of the molecule is CN(CCCn1c(=O)[nH]cc(F)c1=O)C(=O)OC(C)(C)C. The number of H-pyrrole nitrogens is 1. The van der Waals surface area contributed by atoms with Crippen molar-refractivity contribution in [2.45, 2.75) is 39.3 Å². The lowest BCUT2D eigenvalue weighted by molar-refractivity contribution is 0.0295. The molecule has 0 saturated carbocycles. The van der Waals surface area contributed by atoms with Gasteiger partial charge in [0.2, 0.25) is 5.82 Å². The minimum Gasteiger partial charge on any atom is -0.444 e. The molecular formula is C13H20FN3O4. The summed E-state index contributed by atoms with van der Waals surface area (Å²) < 4.78 is 19.0. The average molecular weight is 301 g/mol. The number of carbonyl (C=O) groups is 1. The van der Waals surface area contributed by atoms with Crippen LogP contribution in [0.15, 0.2) is 15.8 Å². The Balaban J connectivity index is 2.59. The predicted molar refractivity (Wildman–Crippen MR) is 74.8 cm³/mol. The molecule has 0 saturated heterocycles. The van der Waals surface area contributed by atoms with Gasteiger partial charge in [0.25, 0.3) is 5.56 Å². The standard InChI is InChI=1S/C13H20FN3O4/c1-13(2,3)21-12(20)16(4)6-5-7-17-10(18)9(14)8-15-11(17)19/h8H,5-7H2,1-4H3,(H,15,19). The number of aromatic amines is 1. The highest BCUT2D eigenvalue weighted by Crippen LogP contribution is 2.09. The lowest BCUT2D eigenvalue weighted by Crippen LogP contribution is -2.38. The lowest BCUT2D eigenvalue weighted by atomic mass is 10.2. The summed E-state index contributed by atoms with van der Waals surface area (Å²) in [6.45, 7) is 5.55. The van der Waals surface area contributed by atoms with Gasteiger partial charge in [-0.15, -0.1) is 0 Å². The molecule has 8 heteroatoms. The summed E-state index contributed by atoms with van der Waals surface area (Å²) in [4.78, 5) is 38.0. The maximum Gasteiger partial charge on any atom is 0.410 e. The summed E-state index contributed by atoms with van der Waals surface area (Å²) >= 11 is 0. The van der Waals surface area contributed by atoms with Gasteiger partial charge in [-0.3, -0.25) is 9.36 Å². The van der Waals surface area contributed by atoms with Gasteiger partial charge in [-0.05, 0) is 27.2 Å². The summed E-state index contributed by atoms with van der Waals surface area (Å²) in [7, 11) is 1.55. The molecule has 0 fully saturated rings. The molecule has 21 heavy (non-hydrogen) atoms. The summed E-state index contributed by atoms with van der Waals surface area (Å²) in [6.07, 6.45) is 0.555. The van der Waals surface area contributed by atoms with Crippen molar-refractivity contribution in [2.24, 2.45) is 0 Å². The van der Waals surface area contributed by atoms with Gasteiger partial charge < -0.3 is 14.6 Å². The van der Waals surface area contributed by atoms with Crippen LogP contribution in [0.25, 0.3) is 0 Å². The van der Waals surface area contributed by atoms with E-state index in [-0.39, 0.29) is 13.1 Å². The van der Waals surface area contributed by atoms with E-state index >= 15 is 0 Å². The smallest absolute Gasteiger partial charge is 0.410 e. The molecule has 0 aliphatic carbocycles. The van der Waals surface area contributed by atoms with E-state index in [4.69, 9.17) is 4.74 Å². The Morgan fingerprint density at radius 3 is 2.62 bits per heavy atom. The first kappa shape index (κ1) is 16.9. The molecule has 0 unspecified atom stereocenters. The van der Waals surface area contributed by atoms with Crippen molar-refractivity contribution in [3.05, 3.63) is 32.9 Å². The topological polar surface area (TPSA) is 84.4 Å². The number of nitrogens with zero attached hydrogens (tertiary/aromatic N) is 2. The van der Waals surface area contributed by atoms with E-state index < -0.39 is 28.8 Å². The monoisotopic (exact) mass is 301 g/mol. The Hall–Kier alpha value is -2.12. The van der Waals surface area contributed by atoms with Crippen LogP contribution in [0.2, 0.25) is 0 Å². The quantitative estimate of drug-likeness (QED) is 0.896. The van der Waals surface area contributed by atoms with Crippen LogP contribution >= 0.6 is 0 Å². The van der Waals surface area contributed by atoms with Gasteiger partial charge >= 0.3 is 11.8 Å². The van der Waals surface area contributed by atoms with E-state index in [9.17, 15) is 18.8 Å². The van der Waals surface area contributed by atoms with E-state index in [1.165, 1.54) is 4.90 Å². The third kappa shape index (κ3) is 5.05. The zero-order valence-corrected chi connectivity index (χ0v) is 12.6. The number of aromatic nitrogens is 2. The molecule has 7 nitrogen and oxygen atoms in total. The fraction of sp³-hybridized carbons (Fsp3) is 0.615. The van der Waals surface area contributed by atoms with Crippen molar-refractivity contribution in [2.75, 3.05) is 13.6 Å². The normalized spacial score (nSPS) is 11.3. The Morgan fingerprint density at radius 2 is 2.05 bits per heavy atom. The number of carbonyl (C=O) groups excluding carboxylic acids is 1. The molecule has 0 radical (unpaired) electrons. The lowest BCUT2D eigenvalue weighted by Gasteiger charge is -2.24. The van der Waals surface area contributed by atoms with Crippen molar-refractivity contribution in [3.63, 3.8) is 0 Å². The van der Waals surface area contributed by atoms with Crippen molar-refractivity contribution in [1.29, 1.82) is 0 Å². The summed E-state index contributed by atoms with van der Waals surface area (Å²) in [5.41, 5.74) is -2.25.